The van der Waals surface area contributed by atoms with E-state index in [1.807, 2.05) is 0 Å². The van der Waals surface area contributed by atoms with Gasteiger partial charge in [-0.25, -0.2) is 0 Å². The summed E-state index contributed by atoms with van der Waals surface area (Å²) in [6, 6.07) is 2.61. The molecule has 1 aliphatic heterocycles. The van der Waals surface area contributed by atoms with Crippen molar-refractivity contribution in [2.75, 3.05) is 24.5 Å². The molecule has 150 valence electrons. The van der Waals surface area contributed by atoms with Crippen LogP contribution in [0.4, 0.5) is 18.9 Å². The van der Waals surface area contributed by atoms with Crippen molar-refractivity contribution in [3.05, 3.63) is 28.8 Å². The SMILES string of the molecule is CC(C(=O)O)C(O)CN1CCN(c2ccc(C(F)(F)F)c(Cl)c2)[C@@H](C)C1=O. The van der Waals surface area contributed by atoms with Crippen molar-refractivity contribution in [3.63, 3.8) is 0 Å². The van der Waals surface area contributed by atoms with Gasteiger partial charge >= 0.3 is 12.1 Å². The third-order valence-electron chi connectivity index (χ3n) is 4.71. The van der Waals surface area contributed by atoms with Crippen molar-refractivity contribution in [1.82, 2.24) is 4.90 Å². The molecule has 1 heterocycles. The van der Waals surface area contributed by atoms with Crippen LogP contribution in [0.3, 0.4) is 0 Å². The summed E-state index contributed by atoms with van der Waals surface area (Å²) in [5.41, 5.74) is -0.565. The van der Waals surface area contributed by atoms with Crippen LogP contribution in [0.15, 0.2) is 18.2 Å². The molecule has 0 aliphatic carbocycles. The molecule has 1 aromatic carbocycles. The number of halogens is 4. The Morgan fingerprint density at radius 2 is 2.00 bits per heavy atom. The highest BCUT2D eigenvalue weighted by molar-refractivity contribution is 6.31. The fraction of sp³-hybridized carbons (Fsp3) is 0.529. The number of carbonyl (C=O) groups excluding carboxylic acids is 1. The summed E-state index contributed by atoms with van der Waals surface area (Å²) in [6.07, 6.45) is -5.78. The molecule has 0 spiro atoms. The van der Waals surface area contributed by atoms with Crippen LogP contribution in [-0.2, 0) is 15.8 Å². The number of aliphatic hydroxyl groups excluding tert-OH is 1. The number of alkyl halides is 3. The first-order valence-electron chi connectivity index (χ1n) is 8.26. The van der Waals surface area contributed by atoms with Gasteiger partial charge in [0.05, 0.1) is 22.6 Å². The maximum Gasteiger partial charge on any atom is 0.417 e. The third kappa shape index (κ3) is 4.65. The number of aliphatic hydroxyl groups is 1. The number of carboxylic acid groups (broad SMARTS) is 1. The maximum atomic E-state index is 12.8. The van der Waals surface area contributed by atoms with Crippen molar-refractivity contribution in [3.8, 4) is 0 Å². The Morgan fingerprint density at radius 3 is 2.52 bits per heavy atom. The Labute approximate surface area is 159 Å². The first-order chi connectivity index (χ1) is 12.4. The van der Waals surface area contributed by atoms with E-state index in [0.717, 1.165) is 6.07 Å². The summed E-state index contributed by atoms with van der Waals surface area (Å²) in [5, 5.41) is 18.4. The van der Waals surface area contributed by atoms with E-state index in [9.17, 15) is 27.9 Å². The predicted molar refractivity (Wildman–Crippen MR) is 92.6 cm³/mol. The number of hydrogen-bond donors (Lipinski definition) is 2. The molecule has 1 aromatic rings. The van der Waals surface area contributed by atoms with Crippen molar-refractivity contribution >= 4 is 29.2 Å². The van der Waals surface area contributed by atoms with Gasteiger partial charge in [0.15, 0.2) is 0 Å². The van der Waals surface area contributed by atoms with E-state index in [1.165, 1.54) is 24.0 Å². The highest BCUT2D eigenvalue weighted by Gasteiger charge is 2.36. The van der Waals surface area contributed by atoms with Crippen LogP contribution in [0.25, 0.3) is 0 Å². The number of anilines is 1. The van der Waals surface area contributed by atoms with Crippen molar-refractivity contribution in [1.29, 1.82) is 0 Å². The minimum Gasteiger partial charge on any atom is -0.481 e. The molecule has 10 heteroatoms. The van der Waals surface area contributed by atoms with E-state index < -0.39 is 40.8 Å². The highest BCUT2D eigenvalue weighted by atomic mass is 35.5. The average molecular weight is 409 g/mol. The van der Waals surface area contributed by atoms with Gasteiger partial charge in [-0.3, -0.25) is 9.59 Å². The Balaban J connectivity index is 2.13. The minimum atomic E-state index is -4.56. The van der Waals surface area contributed by atoms with Gasteiger partial charge in [0.25, 0.3) is 0 Å². The Bertz CT molecular complexity index is 729. The van der Waals surface area contributed by atoms with E-state index in [0.29, 0.717) is 12.2 Å². The summed E-state index contributed by atoms with van der Waals surface area (Å²) >= 11 is 5.75. The van der Waals surface area contributed by atoms with Gasteiger partial charge in [0.2, 0.25) is 5.91 Å². The Kier molecular flexibility index (Phi) is 6.26. The molecule has 2 N–H and O–H groups in total. The molecule has 1 amide bonds. The molecule has 0 saturated carbocycles. The molecule has 2 unspecified atom stereocenters. The quantitative estimate of drug-likeness (QED) is 0.782. The van der Waals surface area contributed by atoms with Crippen LogP contribution in [0.1, 0.15) is 19.4 Å². The number of hydrogen-bond acceptors (Lipinski definition) is 4. The smallest absolute Gasteiger partial charge is 0.417 e. The van der Waals surface area contributed by atoms with E-state index >= 15 is 0 Å². The van der Waals surface area contributed by atoms with Crippen molar-refractivity contribution in [2.24, 2.45) is 5.92 Å². The molecule has 0 aromatic heterocycles. The molecule has 2 rings (SSSR count). The van der Waals surface area contributed by atoms with Crippen LogP contribution in [0.5, 0.6) is 0 Å². The predicted octanol–water partition coefficient (Wildman–Crippen LogP) is 2.48. The number of carboxylic acids is 1. The van der Waals surface area contributed by atoms with Gasteiger partial charge in [-0.15, -0.1) is 0 Å². The largest absolute Gasteiger partial charge is 0.481 e. The molecule has 1 fully saturated rings. The lowest BCUT2D eigenvalue weighted by molar-refractivity contribution is -0.147. The molecule has 1 aliphatic rings. The number of nitrogens with zero attached hydrogens (tertiary/aromatic N) is 2. The molecule has 3 atom stereocenters. The lowest BCUT2D eigenvalue weighted by Crippen LogP contribution is -2.58. The van der Waals surface area contributed by atoms with Gasteiger partial charge in [0, 0.05) is 25.3 Å². The van der Waals surface area contributed by atoms with E-state index in [1.54, 1.807) is 11.8 Å². The van der Waals surface area contributed by atoms with Gasteiger partial charge in [0.1, 0.15) is 6.04 Å². The zero-order chi connectivity index (χ0) is 20.5. The zero-order valence-corrected chi connectivity index (χ0v) is 15.5. The number of carbonyl (C=O) groups is 2. The molecular weight excluding hydrogens is 389 g/mol. The minimum absolute atomic E-state index is 0.127. The van der Waals surface area contributed by atoms with E-state index in [-0.39, 0.29) is 19.0 Å². The summed E-state index contributed by atoms with van der Waals surface area (Å²) in [5.74, 6) is -2.55. The molecule has 0 bridgehead atoms. The summed E-state index contributed by atoms with van der Waals surface area (Å²) in [4.78, 5) is 26.5. The lowest BCUT2D eigenvalue weighted by Gasteiger charge is -2.41. The van der Waals surface area contributed by atoms with Crippen LogP contribution >= 0.6 is 11.6 Å². The van der Waals surface area contributed by atoms with E-state index in [4.69, 9.17) is 16.7 Å². The number of β-amino-alcohol motifs (C(OH)–C–C–N with tert-alkyl or cyclic N) is 1. The number of benzene rings is 1. The molecule has 1 saturated heterocycles. The van der Waals surface area contributed by atoms with Gasteiger partial charge in [-0.1, -0.05) is 11.6 Å². The maximum absolute atomic E-state index is 12.8. The first kappa shape index (κ1) is 21.3. The monoisotopic (exact) mass is 408 g/mol. The van der Waals surface area contributed by atoms with Crippen LogP contribution in [0.2, 0.25) is 5.02 Å². The summed E-state index contributed by atoms with van der Waals surface area (Å²) in [7, 11) is 0. The molecule has 0 radical (unpaired) electrons. The second kappa shape index (κ2) is 7.93. The van der Waals surface area contributed by atoms with Gasteiger partial charge < -0.3 is 20.0 Å². The topological polar surface area (TPSA) is 81.1 Å². The Hall–Kier alpha value is -2.00. The molecule has 27 heavy (non-hydrogen) atoms. The lowest BCUT2D eigenvalue weighted by atomic mass is 10.0. The number of piperazine rings is 1. The van der Waals surface area contributed by atoms with Crippen molar-refractivity contribution < 1.29 is 33.0 Å². The first-order valence-corrected chi connectivity index (χ1v) is 8.64. The second-order valence-electron chi connectivity index (χ2n) is 6.51. The standard InChI is InChI=1S/C17H20ClF3N2O4/c1-9(16(26)27)14(24)8-22-5-6-23(10(2)15(22)25)11-3-4-12(13(18)7-11)17(19,20)21/h3-4,7,9-10,14,24H,5-6,8H2,1-2H3,(H,26,27)/t9?,10-,14?/m0/s1. The average Bonchev–Trinajstić information content (AvgIpc) is 2.57. The number of amides is 1. The third-order valence-corrected chi connectivity index (χ3v) is 5.02. The van der Waals surface area contributed by atoms with Gasteiger partial charge in [-0.05, 0) is 32.0 Å². The van der Waals surface area contributed by atoms with Crippen LogP contribution < -0.4 is 4.90 Å². The van der Waals surface area contributed by atoms with Crippen LogP contribution in [0, 0.1) is 5.92 Å². The van der Waals surface area contributed by atoms with E-state index in [2.05, 4.69) is 0 Å². The van der Waals surface area contributed by atoms with Crippen molar-refractivity contribution in [2.45, 2.75) is 32.2 Å². The zero-order valence-electron chi connectivity index (χ0n) is 14.7. The van der Waals surface area contributed by atoms with Gasteiger partial charge in [-0.2, -0.15) is 13.2 Å². The fourth-order valence-electron chi connectivity index (χ4n) is 2.92. The summed E-state index contributed by atoms with van der Waals surface area (Å²) < 4.78 is 38.5. The number of aliphatic carboxylic acids is 1. The number of rotatable bonds is 5. The second-order valence-corrected chi connectivity index (χ2v) is 6.92. The van der Waals surface area contributed by atoms with Crippen LogP contribution in [-0.4, -0.2) is 58.8 Å². The Morgan fingerprint density at radius 1 is 1.37 bits per heavy atom. The fourth-order valence-corrected chi connectivity index (χ4v) is 3.21. The highest BCUT2D eigenvalue weighted by Crippen LogP contribution is 2.37. The molecule has 6 nitrogen and oxygen atoms in total. The summed E-state index contributed by atoms with van der Waals surface area (Å²) in [6.45, 7) is 3.32. The molecular formula is C17H20ClF3N2O4. The normalized spacial score (nSPS) is 20.6.